The van der Waals surface area contributed by atoms with Crippen LogP contribution in [0.3, 0.4) is 0 Å². The summed E-state index contributed by atoms with van der Waals surface area (Å²) >= 11 is 0. The third-order valence-electron chi connectivity index (χ3n) is 3.09. The lowest BCUT2D eigenvalue weighted by atomic mass is 10.1. The van der Waals surface area contributed by atoms with E-state index in [1.807, 2.05) is 31.2 Å². The molecule has 0 radical (unpaired) electrons. The van der Waals surface area contributed by atoms with Crippen molar-refractivity contribution in [3.8, 4) is 11.5 Å². The van der Waals surface area contributed by atoms with Gasteiger partial charge in [-0.2, -0.15) is 0 Å². The van der Waals surface area contributed by atoms with Crippen molar-refractivity contribution in [1.82, 2.24) is 0 Å². The number of hydrogen-bond acceptors (Lipinski definition) is 3. The lowest BCUT2D eigenvalue weighted by Crippen LogP contribution is -2.12. The number of nitrogens with one attached hydrogen (secondary N) is 1. The van der Waals surface area contributed by atoms with Crippen LogP contribution < -0.4 is 14.8 Å². The van der Waals surface area contributed by atoms with E-state index in [1.54, 1.807) is 24.3 Å². The smallest absolute Gasteiger partial charge is 0.255 e. The van der Waals surface area contributed by atoms with E-state index in [0.29, 0.717) is 23.7 Å². The maximum atomic E-state index is 12.3. The number of benzene rings is 2. The first kappa shape index (κ1) is 15.6. The van der Waals surface area contributed by atoms with E-state index in [-0.39, 0.29) is 5.91 Å². The molecule has 2 rings (SSSR count). The molecule has 1 amide bonds. The van der Waals surface area contributed by atoms with E-state index in [9.17, 15) is 4.79 Å². The molecule has 0 aliphatic heterocycles. The highest BCUT2D eigenvalue weighted by Crippen LogP contribution is 2.28. The van der Waals surface area contributed by atoms with E-state index < -0.39 is 0 Å². The highest BCUT2D eigenvalue weighted by molar-refractivity contribution is 6.04. The van der Waals surface area contributed by atoms with Gasteiger partial charge in [0, 0.05) is 11.3 Å². The van der Waals surface area contributed by atoms with Gasteiger partial charge in [-0.25, -0.2) is 0 Å². The molecule has 4 nitrogen and oxygen atoms in total. The minimum Gasteiger partial charge on any atom is -0.493 e. The van der Waals surface area contributed by atoms with Crippen LogP contribution in [0.2, 0.25) is 0 Å². The number of methoxy groups -OCH3 is 1. The van der Waals surface area contributed by atoms with Gasteiger partial charge in [0.05, 0.1) is 7.11 Å². The third-order valence-corrected chi connectivity index (χ3v) is 3.09. The molecular weight excluding hydrogens is 278 g/mol. The molecule has 0 saturated heterocycles. The van der Waals surface area contributed by atoms with Crippen LogP contribution in [0.25, 0.3) is 0 Å². The van der Waals surface area contributed by atoms with Gasteiger partial charge in [-0.3, -0.25) is 4.79 Å². The van der Waals surface area contributed by atoms with E-state index in [4.69, 9.17) is 9.47 Å². The Hall–Kier alpha value is -2.75. The molecular formula is C18H19NO3. The fourth-order valence-electron chi connectivity index (χ4n) is 1.92. The Bertz CT molecular complexity index is 663. The zero-order valence-electron chi connectivity index (χ0n) is 12.8. The minimum absolute atomic E-state index is 0.197. The molecule has 1 N–H and O–H groups in total. The Morgan fingerprint density at radius 1 is 1.18 bits per heavy atom. The van der Waals surface area contributed by atoms with Crippen LogP contribution in [0.15, 0.2) is 55.1 Å². The van der Waals surface area contributed by atoms with Crippen molar-refractivity contribution < 1.29 is 14.3 Å². The van der Waals surface area contributed by atoms with Gasteiger partial charge in [0.2, 0.25) is 0 Å². The first-order chi connectivity index (χ1) is 10.6. The van der Waals surface area contributed by atoms with E-state index >= 15 is 0 Å². The second-order valence-electron chi connectivity index (χ2n) is 4.79. The summed E-state index contributed by atoms with van der Waals surface area (Å²) in [5.74, 6) is 0.894. The van der Waals surface area contributed by atoms with Crippen molar-refractivity contribution in [2.75, 3.05) is 19.0 Å². The molecule has 0 aliphatic carbocycles. The summed E-state index contributed by atoms with van der Waals surface area (Å²) in [6.45, 7) is 5.98. The predicted molar refractivity (Wildman–Crippen MR) is 87.8 cm³/mol. The number of aryl methyl sites for hydroxylation is 1. The molecule has 0 saturated carbocycles. The number of rotatable bonds is 6. The van der Waals surface area contributed by atoms with Crippen molar-refractivity contribution in [2.24, 2.45) is 0 Å². The number of carbonyl (C=O) groups excluding carboxylic acids is 1. The summed E-state index contributed by atoms with van der Waals surface area (Å²) < 4.78 is 10.7. The summed E-state index contributed by atoms with van der Waals surface area (Å²) in [5.41, 5.74) is 2.40. The maximum Gasteiger partial charge on any atom is 0.255 e. The van der Waals surface area contributed by atoms with Gasteiger partial charge < -0.3 is 14.8 Å². The lowest BCUT2D eigenvalue weighted by molar-refractivity contribution is 0.102. The Labute approximate surface area is 130 Å². The molecule has 0 aromatic heterocycles. The molecule has 0 spiro atoms. The fourth-order valence-corrected chi connectivity index (χ4v) is 1.92. The predicted octanol–water partition coefficient (Wildman–Crippen LogP) is 3.82. The Kier molecular flexibility index (Phi) is 5.20. The van der Waals surface area contributed by atoms with Crippen LogP contribution in [0, 0.1) is 6.92 Å². The largest absolute Gasteiger partial charge is 0.493 e. The van der Waals surface area contributed by atoms with Crippen LogP contribution in [-0.4, -0.2) is 19.6 Å². The Morgan fingerprint density at radius 2 is 1.91 bits per heavy atom. The van der Waals surface area contributed by atoms with Gasteiger partial charge in [-0.15, -0.1) is 0 Å². The van der Waals surface area contributed by atoms with Crippen LogP contribution in [0.4, 0.5) is 5.69 Å². The standard InChI is InChI=1S/C18H19NO3/c1-4-11-22-16-10-7-14(12-17(16)21-3)18(20)19-15-8-5-13(2)6-9-15/h4-10,12H,1,11H2,2-3H3,(H,19,20). The Morgan fingerprint density at radius 3 is 2.55 bits per heavy atom. The zero-order valence-corrected chi connectivity index (χ0v) is 12.8. The van der Waals surface area contributed by atoms with E-state index in [0.717, 1.165) is 11.3 Å². The number of anilines is 1. The van der Waals surface area contributed by atoms with Crippen molar-refractivity contribution in [2.45, 2.75) is 6.92 Å². The normalized spacial score (nSPS) is 9.91. The van der Waals surface area contributed by atoms with Crippen LogP contribution in [0.5, 0.6) is 11.5 Å². The second kappa shape index (κ2) is 7.31. The summed E-state index contributed by atoms with van der Waals surface area (Å²) in [7, 11) is 1.54. The zero-order chi connectivity index (χ0) is 15.9. The maximum absolute atomic E-state index is 12.3. The number of hydrogen-bond donors (Lipinski definition) is 1. The molecule has 0 unspecified atom stereocenters. The molecule has 0 heterocycles. The van der Waals surface area contributed by atoms with Crippen molar-refractivity contribution in [3.63, 3.8) is 0 Å². The average molecular weight is 297 g/mol. The summed E-state index contributed by atoms with van der Waals surface area (Å²) in [4.78, 5) is 12.3. The second-order valence-corrected chi connectivity index (χ2v) is 4.79. The van der Waals surface area contributed by atoms with Crippen LogP contribution in [-0.2, 0) is 0 Å². The molecule has 22 heavy (non-hydrogen) atoms. The van der Waals surface area contributed by atoms with Gasteiger partial charge >= 0.3 is 0 Å². The Balaban J connectivity index is 2.15. The summed E-state index contributed by atoms with van der Waals surface area (Å²) in [5, 5.41) is 2.85. The SMILES string of the molecule is C=CCOc1ccc(C(=O)Nc2ccc(C)cc2)cc1OC. The van der Waals surface area contributed by atoms with E-state index in [1.165, 1.54) is 7.11 Å². The third kappa shape index (κ3) is 3.88. The van der Waals surface area contributed by atoms with Crippen molar-refractivity contribution in [1.29, 1.82) is 0 Å². The van der Waals surface area contributed by atoms with Gasteiger partial charge in [0.15, 0.2) is 11.5 Å². The number of carbonyl (C=O) groups is 1. The molecule has 0 fully saturated rings. The van der Waals surface area contributed by atoms with Gasteiger partial charge in [0.1, 0.15) is 6.61 Å². The first-order valence-electron chi connectivity index (χ1n) is 6.94. The molecule has 0 atom stereocenters. The monoisotopic (exact) mass is 297 g/mol. The summed E-state index contributed by atoms with van der Waals surface area (Å²) in [6.07, 6.45) is 1.65. The quantitative estimate of drug-likeness (QED) is 0.825. The van der Waals surface area contributed by atoms with E-state index in [2.05, 4.69) is 11.9 Å². The average Bonchev–Trinajstić information content (AvgIpc) is 2.54. The highest BCUT2D eigenvalue weighted by atomic mass is 16.5. The topological polar surface area (TPSA) is 47.6 Å². The lowest BCUT2D eigenvalue weighted by Gasteiger charge is -2.11. The molecule has 0 aliphatic rings. The van der Waals surface area contributed by atoms with Gasteiger partial charge in [-0.05, 0) is 37.3 Å². The molecule has 2 aromatic carbocycles. The number of ether oxygens (including phenoxy) is 2. The summed E-state index contributed by atoms with van der Waals surface area (Å²) in [6, 6.07) is 12.7. The highest BCUT2D eigenvalue weighted by Gasteiger charge is 2.11. The van der Waals surface area contributed by atoms with Crippen LogP contribution in [0.1, 0.15) is 15.9 Å². The molecule has 114 valence electrons. The van der Waals surface area contributed by atoms with Gasteiger partial charge in [0.25, 0.3) is 5.91 Å². The molecule has 4 heteroatoms. The first-order valence-corrected chi connectivity index (χ1v) is 6.94. The molecule has 0 bridgehead atoms. The molecule has 2 aromatic rings. The van der Waals surface area contributed by atoms with Crippen molar-refractivity contribution >= 4 is 11.6 Å². The van der Waals surface area contributed by atoms with Crippen LogP contribution >= 0.6 is 0 Å². The number of amides is 1. The van der Waals surface area contributed by atoms with Gasteiger partial charge in [-0.1, -0.05) is 30.4 Å². The minimum atomic E-state index is -0.197. The fraction of sp³-hybridized carbons (Fsp3) is 0.167. The van der Waals surface area contributed by atoms with Crippen molar-refractivity contribution in [3.05, 3.63) is 66.2 Å².